The lowest BCUT2D eigenvalue weighted by Crippen LogP contribution is -2.23. The van der Waals surface area contributed by atoms with Crippen molar-refractivity contribution in [3.8, 4) is 50.2 Å². The SMILES string of the molecule is CCC1(CC)c2cc(/C=C/c3ccc(-c4cc5ccccc5cc4-c4ccc(-c5ccccc5)cc4)cc3)ccc2-c2ccc(-n3c4ccccc4c4ccccc43)cc21. The molecule has 1 aliphatic carbocycles. The molecule has 0 spiro atoms. The fraction of sp³-hybridized carbons (Fsp3) is 0.0847. The number of hydrogen-bond donors (Lipinski definition) is 0. The fourth-order valence-electron chi connectivity index (χ4n) is 10.1. The topological polar surface area (TPSA) is 4.93 Å². The van der Waals surface area contributed by atoms with Crippen LogP contribution < -0.4 is 0 Å². The van der Waals surface area contributed by atoms with Gasteiger partial charge in [-0.25, -0.2) is 0 Å². The van der Waals surface area contributed by atoms with Crippen LogP contribution in [0.5, 0.6) is 0 Å². The van der Waals surface area contributed by atoms with Gasteiger partial charge in [-0.15, -0.1) is 0 Å². The second kappa shape index (κ2) is 14.6. The normalized spacial score (nSPS) is 13.0. The van der Waals surface area contributed by atoms with Crippen LogP contribution in [0, 0.1) is 0 Å². The van der Waals surface area contributed by atoms with Crippen molar-refractivity contribution in [1.29, 1.82) is 0 Å². The Labute approximate surface area is 352 Å². The minimum atomic E-state index is -0.0512. The Bertz CT molecular complexity index is 3190. The van der Waals surface area contributed by atoms with E-state index in [1.807, 2.05) is 0 Å². The lowest BCUT2D eigenvalue weighted by Gasteiger charge is -2.30. The van der Waals surface area contributed by atoms with Gasteiger partial charge in [0.25, 0.3) is 0 Å². The number of fused-ring (bicyclic) bond motifs is 7. The van der Waals surface area contributed by atoms with Crippen molar-refractivity contribution in [3.63, 3.8) is 0 Å². The average Bonchev–Trinajstić information content (AvgIpc) is 3.80. The molecule has 286 valence electrons. The monoisotopic (exact) mass is 767 g/mol. The van der Waals surface area contributed by atoms with Gasteiger partial charge in [-0.2, -0.15) is 0 Å². The molecule has 0 fully saturated rings. The summed E-state index contributed by atoms with van der Waals surface area (Å²) in [4.78, 5) is 0. The Kier molecular flexibility index (Phi) is 8.71. The first kappa shape index (κ1) is 35.9. The molecule has 0 saturated carbocycles. The van der Waals surface area contributed by atoms with Crippen molar-refractivity contribution < 1.29 is 0 Å². The minimum absolute atomic E-state index is 0.0512. The Morgan fingerprint density at radius 1 is 0.383 bits per heavy atom. The van der Waals surface area contributed by atoms with Gasteiger partial charge in [0.15, 0.2) is 0 Å². The molecular formula is C59H45N. The van der Waals surface area contributed by atoms with E-state index in [9.17, 15) is 0 Å². The van der Waals surface area contributed by atoms with E-state index >= 15 is 0 Å². The van der Waals surface area contributed by atoms with E-state index in [-0.39, 0.29) is 5.41 Å². The van der Waals surface area contributed by atoms with E-state index in [0.717, 1.165) is 12.8 Å². The Hall–Kier alpha value is -7.22. The average molecular weight is 768 g/mol. The fourth-order valence-corrected chi connectivity index (χ4v) is 10.1. The molecule has 0 atom stereocenters. The maximum absolute atomic E-state index is 2.49. The van der Waals surface area contributed by atoms with Crippen LogP contribution in [0.25, 0.3) is 94.9 Å². The molecule has 0 unspecified atom stereocenters. The Morgan fingerprint density at radius 3 is 1.47 bits per heavy atom. The van der Waals surface area contributed by atoms with Crippen LogP contribution in [0.15, 0.2) is 200 Å². The molecule has 60 heavy (non-hydrogen) atoms. The smallest absolute Gasteiger partial charge is 0.0541 e. The van der Waals surface area contributed by atoms with Crippen LogP contribution in [0.4, 0.5) is 0 Å². The molecule has 1 heteroatoms. The third kappa shape index (κ3) is 5.84. The molecule has 1 nitrogen and oxygen atoms in total. The molecule has 0 radical (unpaired) electrons. The molecule has 1 aliphatic rings. The molecule has 0 amide bonds. The van der Waals surface area contributed by atoms with Crippen molar-refractivity contribution in [3.05, 3.63) is 222 Å². The molecule has 0 aliphatic heterocycles. The predicted octanol–water partition coefficient (Wildman–Crippen LogP) is 16.2. The number of hydrogen-bond acceptors (Lipinski definition) is 0. The van der Waals surface area contributed by atoms with Crippen molar-refractivity contribution in [2.24, 2.45) is 0 Å². The number of benzene rings is 9. The van der Waals surface area contributed by atoms with Gasteiger partial charge in [0, 0.05) is 21.9 Å². The quantitative estimate of drug-likeness (QED) is 0.136. The van der Waals surface area contributed by atoms with Crippen molar-refractivity contribution in [2.75, 3.05) is 0 Å². The highest BCUT2D eigenvalue weighted by Crippen LogP contribution is 2.54. The Morgan fingerprint density at radius 2 is 0.850 bits per heavy atom. The van der Waals surface area contributed by atoms with Crippen LogP contribution in [0.2, 0.25) is 0 Å². The summed E-state index contributed by atoms with van der Waals surface area (Å²) in [5.41, 5.74) is 19.1. The van der Waals surface area contributed by atoms with E-state index < -0.39 is 0 Å². The van der Waals surface area contributed by atoms with Crippen LogP contribution in [0.1, 0.15) is 48.9 Å². The molecule has 0 bridgehead atoms. The summed E-state index contributed by atoms with van der Waals surface area (Å²) in [7, 11) is 0. The maximum atomic E-state index is 2.49. The first-order valence-electron chi connectivity index (χ1n) is 21.4. The van der Waals surface area contributed by atoms with Gasteiger partial charge in [0.05, 0.1) is 11.0 Å². The minimum Gasteiger partial charge on any atom is -0.309 e. The van der Waals surface area contributed by atoms with E-state index in [4.69, 9.17) is 0 Å². The van der Waals surface area contributed by atoms with Crippen LogP contribution in [0.3, 0.4) is 0 Å². The van der Waals surface area contributed by atoms with Crippen LogP contribution in [-0.2, 0) is 5.41 Å². The highest BCUT2D eigenvalue weighted by molar-refractivity contribution is 6.09. The molecule has 0 N–H and O–H groups in total. The van der Waals surface area contributed by atoms with Gasteiger partial charge >= 0.3 is 0 Å². The maximum Gasteiger partial charge on any atom is 0.0541 e. The van der Waals surface area contributed by atoms with Crippen LogP contribution >= 0.6 is 0 Å². The van der Waals surface area contributed by atoms with E-state index in [2.05, 4.69) is 231 Å². The van der Waals surface area contributed by atoms with E-state index in [1.54, 1.807) is 0 Å². The summed E-state index contributed by atoms with van der Waals surface area (Å²) in [6.45, 7) is 4.72. The molecule has 1 aromatic heterocycles. The van der Waals surface area contributed by atoms with E-state index in [1.165, 1.54) is 105 Å². The van der Waals surface area contributed by atoms with Gasteiger partial charge in [-0.05, 0) is 127 Å². The van der Waals surface area contributed by atoms with Crippen molar-refractivity contribution in [1.82, 2.24) is 4.57 Å². The first-order chi connectivity index (χ1) is 29.6. The van der Waals surface area contributed by atoms with Gasteiger partial charge in [-0.1, -0.05) is 190 Å². The lowest BCUT2D eigenvalue weighted by molar-refractivity contribution is 0.490. The summed E-state index contributed by atoms with van der Waals surface area (Å²) in [6, 6.07) is 73.9. The van der Waals surface area contributed by atoms with Gasteiger partial charge in [0.1, 0.15) is 0 Å². The van der Waals surface area contributed by atoms with Gasteiger partial charge < -0.3 is 4.57 Å². The molecular weight excluding hydrogens is 723 g/mol. The number of rotatable bonds is 8. The summed E-state index contributed by atoms with van der Waals surface area (Å²) in [6.07, 6.45) is 6.64. The summed E-state index contributed by atoms with van der Waals surface area (Å²) in [5, 5.41) is 5.09. The molecule has 11 rings (SSSR count). The highest BCUT2D eigenvalue weighted by Gasteiger charge is 2.41. The number of nitrogens with zero attached hydrogens (tertiary/aromatic N) is 1. The molecule has 10 aromatic rings. The second-order valence-corrected chi connectivity index (χ2v) is 16.3. The zero-order valence-electron chi connectivity index (χ0n) is 34.1. The predicted molar refractivity (Wildman–Crippen MR) is 257 cm³/mol. The van der Waals surface area contributed by atoms with E-state index in [0.29, 0.717) is 0 Å². The third-order valence-electron chi connectivity index (χ3n) is 13.3. The molecule has 9 aromatic carbocycles. The lowest BCUT2D eigenvalue weighted by atomic mass is 9.73. The number of aromatic nitrogens is 1. The number of para-hydroxylation sites is 2. The molecule has 1 heterocycles. The zero-order valence-corrected chi connectivity index (χ0v) is 34.1. The molecule has 0 saturated heterocycles. The standard InChI is InChI=1S/C59H45N/c1-3-59(4-2)55-36-41(26-34-49(55)50-35-33-48(39-56(50)59)60-57-20-12-10-18-51(57)52-19-11-13-21-58(52)60)23-22-40-24-27-44(28-25-40)53-37-46-16-8-9-17-47(46)38-54(53)45-31-29-43(30-32-45)42-14-6-5-7-15-42/h5-39H,3-4H2,1-2H3/b23-22+. The van der Waals surface area contributed by atoms with Gasteiger partial charge in [-0.3, -0.25) is 0 Å². The Balaban J connectivity index is 0.910. The van der Waals surface area contributed by atoms with Gasteiger partial charge in [0.2, 0.25) is 0 Å². The van der Waals surface area contributed by atoms with Crippen molar-refractivity contribution in [2.45, 2.75) is 32.1 Å². The summed E-state index contributed by atoms with van der Waals surface area (Å²) < 4.78 is 2.45. The summed E-state index contributed by atoms with van der Waals surface area (Å²) >= 11 is 0. The van der Waals surface area contributed by atoms with Crippen molar-refractivity contribution >= 4 is 44.7 Å². The largest absolute Gasteiger partial charge is 0.309 e. The first-order valence-corrected chi connectivity index (χ1v) is 21.4. The highest BCUT2D eigenvalue weighted by atomic mass is 15.0. The summed E-state index contributed by atoms with van der Waals surface area (Å²) in [5.74, 6) is 0. The van der Waals surface area contributed by atoms with Crippen LogP contribution in [-0.4, -0.2) is 4.57 Å². The zero-order chi connectivity index (χ0) is 40.2. The second-order valence-electron chi connectivity index (χ2n) is 16.3. The third-order valence-corrected chi connectivity index (χ3v) is 13.3.